The van der Waals surface area contributed by atoms with Gasteiger partial charge in [0.2, 0.25) is 0 Å². The van der Waals surface area contributed by atoms with Gasteiger partial charge in [0.1, 0.15) is 0 Å². The standard InChI is InChI=1S/C11H16BrNS/c1-10(2)6-11(10,7-13-3)9-4-8(12)5-14-9/h4-5,13H,6-7H2,1-3H3. The zero-order valence-corrected chi connectivity index (χ0v) is 11.3. The van der Waals surface area contributed by atoms with Crippen molar-refractivity contribution < 1.29 is 0 Å². The molecule has 1 unspecified atom stereocenters. The fourth-order valence-electron chi connectivity index (χ4n) is 2.39. The second-order valence-corrected chi connectivity index (χ2v) is 6.63. The van der Waals surface area contributed by atoms with Gasteiger partial charge in [-0.05, 0) is 40.9 Å². The maximum Gasteiger partial charge on any atom is 0.0285 e. The first-order valence-electron chi connectivity index (χ1n) is 4.91. The van der Waals surface area contributed by atoms with Crippen LogP contribution in [0.25, 0.3) is 0 Å². The second kappa shape index (κ2) is 3.32. The lowest BCUT2D eigenvalue weighted by molar-refractivity contribution is 0.482. The SMILES string of the molecule is CNCC1(c2cc(Br)cs2)CC1(C)C. The Bertz CT molecular complexity index is 345. The summed E-state index contributed by atoms with van der Waals surface area (Å²) < 4.78 is 1.22. The van der Waals surface area contributed by atoms with Crippen LogP contribution in [0.2, 0.25) is 0 Å². The Kier molecular flexibility index (Phi) is 2.53. The highest BCUT2D eigenvalue weighted by atomic mass is 79.9. The largest absolute Gasteiger partial charge is 0.319 e. The van der Waals surface area contributed by atoms with E-state index >= 15 is 0 Å². The van der Waals surface area contributed by atoms with Gasteiger partial charge in [-0.3, -0.25) is 0 Å². The topological polar surface area (TPSA) is 12.0 Å². The normalized spacial score (nSPS) is 29.1. The highest BCUT2D eigenvalue weighted by Gasteiger charge is 2.62. The number of halogens is 1. The van der Waals surface area contributed by atoms with Crippen LogP contribution in [0.15, 0.2) is 15.9 Å². The number of thiophene rings is 1. The third-order valence-corrected chi connectivity index (χ3v) is 5.33. The van der Waals surface area contributed by atoms with E-state index in [2.05, 4.69) is 46.5 Å². The molecule has 2 rings (SSSR count). The lowest BCUT2D eigenvalue weighted by atomic mass is 9.94. The molecule has 1 aliphatic carbocycles. The summed E-state index contributed by atoms with van der Waals surface area (Å²) in [6.07, 6.45) is 1.30. The Morgan fingerprint density at radius 1 is 1.57 bits per heavy atom. The molecule has 1 fully saturated rings. The minimum atomic E-state index is 0.387. The Morgan fingerprint density at radius 3 is 2.57 bits per heavy atom. The van der Waals surface area contributed by atoms with E-state index in [0.29, 0.717) is 10.8 Å². The van der Waals surface area contributed by atoms with E-state index in [4.69, 9.17) is 0 Å². The van der Waals surface area contributed by atoms with Crippen molar-refractivity contribution in [2.75, 3.05) is 13.6 Å². The molecule has 1 nitrogen and oxygen atoms in total. The van der Waals surface area contributed by atoms with E-state index in [-0.39, 0.29) is 0 Å². The highest BCUT2D eigenvalue weighted by molar-refractivity contribution is 9.10. The van der Waals surface area contributed by atoms with Crippen molar-refractivity contribution in [1.29, 1.82) is 0 Å². The fraction of sp³-hybridized carbons (Fsp3) is 0.636. The molecule has 78 valence electrons. The Morgan fingerprint density at radius 2 is 2.21 bits per heavy atom. The number of hydrogen-bond acceptors (Lipinski definition) is 2. The summed E-state index contributed by atoms with van der Waals surface area (Å²) in [5, 5.41) is 5.51. The van der Waals surface area contributed by atoms with Gasteiger partial charge in [-0.2, -0.15) is 0 Å². The van der Waals surface area contributed by atoms with Gasteiger partial charge >= 0.3 is 0 Å². The van der Waals surface area contributed by atoms with Gasteiger partial charge in [-0.25, -0.2) is 0 Å². The summed E-state index contributed by atoms with van der Waals surface area (Å²) in [7, 11) is 2.04. The molecule has 1 atom stereocenters. The van der Waals surface area contributed by atoms with E-state index in [1.54, 1.807) is 0 Å². The van der Waals surface area contributed by atoms with E-state index in [9.17, 15) is 0 Å². The average Bonchev–Trinajstić information content (AvgIpc) is 2.46. The summed E-state index contributed by atoms with van der Waals surface area (Å²) in [6, 6.07) is 2.27. The number of rotatable bonds is 3. The van der Waals surface area contributed by atoms with E-state index in [1.165, 1.54) is 15.8 Å². The monoisotopic (exact) mass is 273 g/mol. The predicted octanol–water partition coefficient (Wildman–Crippen LogP) is 3.40. The van der Waals surface area contributed by atoms with Gasteiger partial charge in [0.05, 0.1) is 0 Å². The fourth-order valence-corrected chi connectivity index (χ4v) is 4.20. The molecule has 0 amide bonds. The summed E-state index contributed by atoms with van der Waals surface area (Å²) in [4.78, 5) is 1.52. The maximum atomic E-state index is 3.53. The van der Waals surface area contributed by atoms with Crippen LogP contribution >= 0.6 is 27.3 Å². The molecule has 3 heteroatoms. The summed E-state index contributed by atoms with van der Waals surface area (Å²) in [6.45, 7) is 5.81. The van der Waals surface area contributed by atoms with Crippen molar-refractivity contribution >= 4 is 27.3 Å². The first-order valence-corrected chi connectivity index (χ1v) is 6.58. The van der Waals surface area contributed by atoms with Crippen molar-refractivity contribution in [2.45, 2.75) is 25.7 Å². The molecule has 1 aromatic heterocycles. The van der Waals surface area contributed by atoms with E-state index in [1.807, 2.05) is 18.4 Å². The van der Waals surface area contributed by atoms with Crippen LogP contribution in [0.4, 0.5) is 0 Å². The Balaban J connectivity index is 2.30. The number of hydrogen-bond donors (Lipinski definition) is 1. The van der Waals surface area contributed by atoms with E-state index < -0.39 is 0 Å². The molecule has 1 aromatic rings. The van der Waals surface area contributed by atoms with Gasteiger partial charge < -0.3 is 5.32 Å². The number of nitrogens with one attached hydrogen (secondary N) is 1. The number of likely N-dealkylation sites (N-methyl/N-ethyl adjacent to an activating group) is 1. The van der Waals surface area contributed by atoms with Crippen LogP contribution in [0.1, 0.15) is 25.1 Å². The molecule has 1 heterocycles. The quantitative estimate of drug-likeness (QED) is 0.890. The van der Waals surface area contributed by atoms with Gasteiger partial charge in [-0.1, -0.05) is 13.8 Å². The van der Waals surface area contributed by atoms with Crippen molar-refractivity contribution in [1.82, 2.24) is 5.32 Å². The molecule has 1 saturated carbocycles. The minimum absolute atomic E-state index is 0.387. The Hall–Kier alpha value is 0.140. The molecule has 1 N–H and O–H groups in total. The molecular formula is C11H16BrNS. The summed E-state index contributed by atoms with van der Waals surface area (Å²) in [5.74, 6) is 0. The van der Waals surface area contributed by atoms with Crippen molar-refractivity contribution in [2.24, 2.45) is 5.41 Å². The van der Waals surface area contributed by atoms with E-state index in [0.717, 1.165) is 6.54 Å². The molecular weight excluding hydrogens is 258 g/mol. The molecule has 0 bridgehead atoms. The van der Waals surface area contributed by atoms with Crippen molar-refractivity contribution in [3.05, 3.63) is 20.8 Å². The lowest BCUT2D eigenvalue weighted by Crippen LogP contribution is -2.27. The average molecular weight is 274 g/mol. The Labute approximate surface area is 98.0 Å². The van der Waals surface area contributed by atoms with Crippen LogP contribution in [-0.4, -0.2) is 13.6 Å². The molecule has 0 radical (unpaired) electrons. The molecule has 0 spiro atoms. The zero-order chi connectivity index (χ0) is 10.4. The first kappa shape index (κ1) is 10.7. The summed E-state index contributed by atoms with van der Waals surface area (Å²) in [5.41, 5.74) is 0.846. The molecule has 1 aliphatic rings. The first-order chi connectivity index (χ1) is 6.52. The van der Waals surface area contributed by atoms with Crippen LogP contribution in [-0.2, 0) is 5.41 Å². The highest BCUT2D eigenvalue weighted by Crippen LogP contribution is 2.65. The van der Waals surface area contributed by atoms with Crippen LogP contribution in [0, 0.1) is 5.41 Å². The summed E-state index contributed by atoms with van der Waals surface area (Å²) >= 11 is 5.41. The second-order valence-electron chi connectivity index (χ2n) is 4.80. The molecule has 0 aliphatic heterocycles. The van der Waals surface area contributed by atoms with Gasteiger partial charge in [0.25, 0.3) is 0 Å². The van der Waals surface area contributed by atoms with Crippen molar-refractivity contribution in [3.8, 4) is 0 Å². The van der Waals surface area contributed by atoms with Gasteiger partial charge in [0, 0.05) is 26.7 Å². The molecule has 0 aromatic carbocycles. The van der Waals surface area contributed by atoms with Crippen molar-refractivity contribution in [3.63, 3.8) is 0 Å². The van der Waals surface area contributed by atoms with Crippen LogP contribution < -0.4 is 5.32 Å². The lowest BCUT2D eigenvalue weighted by Gasteiger charge is -2.18. The maximum absolute atomic E-state index is 3.53. The predicted molar refractivity (Wildman–Crippen MR) is 66.0 cm³/mol. The molecule has 0 saturated heterocycles. The van der Waals surface area contributed by atoms with Crippen LogP contribution in [0.5, 0.6) is 0 Å². The third-order valence-electron chi connectivity index (χ3n) is 3.43. The van der Waals surface area contributed by atoms with Crippen LogP contribution in [0.3, 0.4) is 0 Å². The molecule has 14 heavy (non-hydrogen) atoms. The minimum Gasteiger partial charge on any atom is -0.319 e. The third kappa shape index (κ3) is 1.46. The smallest absolute Gasteiger partial charge is 0.0285 e. The zero-order valence-electron chi connectivity index (χ0n) is 8.86. The van der Waals surface area contributed by atoms with Gasteiger partial charge in [0.15, 0.2) is 0 Å². The van der Waals surface area contributed by atoms with Gasteiger partial charge in [-0.15, -0.1) is 11.3 Å².